The van der Waals surface area contributed by atoms with Crippen molar-refractivity contribution in [1.82, 2.24) is 9.80 Å². The van der Waals surface area contributed by atoms with E-state index in [1.165, 1.54) is 6.07 Å². The van der Waals surface area contributed by atoms with Gasteiger partial charge < -0.3 is 4.90 Å². The van der Waals surface area contributed by atoms with Crippen LogP contribution in [0.3, 0.4) is 0 Å². The Morgan fingerprint density at radius 1 is 1.42 bits per heavy atom. The Morgan fingerprint density at radius 3 is 2.74 bits per heavy atom. The fourth-order valence-corrected chi connectivity index (χ4v) is 2.47. The molecule has 105 valence electrons. The molecule has 1 aromatic rings. The van der Waals surface area contributed by atoms with Crippen molar-refractivity contribution in [1.29, 1.82) is 0 Å². The van der Waals surface area contributed by atoms with Crippen LogP contribution in [0.4, 0.5) is 13.2 Å². The lowest BCUT2D eigenvalue weighted by Crippen LogP contribution is -2.31. The topological polar surface area (TPSA) is 6.48 Å². The SMILES string of the molecule is CN(C)[C@H]1CCN(Cc2[c]cccc2C(F)(F)F)C1. The summed E-state index contributed by atoms with van der Waals surface area (Å²) < 4.78 is 38.6. The van der Waals surface area contributed by atoms with Gasteiger partial charge in [-0.25, -0.2) is 0 Å². The maximum atomic E-state index is 12.9. The molecule has 1 heterocycles. The predicted octanol–water partition coefficient (Wildman–Crippen LogP) is 2.64. The van der Waals surface area contributed by atoms with Crippen LogP contribution in [0.2, 0.25) is 0 Å². The summed E-state index contributed by atoms with van der Waals surface area (Å²) in [5.41, 5.74) is -0.322. The lowest BCUT2D eigenvalue weighted by molar-refractivity contribution is -0.138. The van der Waals surface area contributed by atoms with Crippen LogP contribution < -0.4 is 0 Å². The molecule has 0 bridgehead atoms. The molecule has 0 aliphatic carbocycles. The van der Waals surface area contributed by atoms with Gasteiger partial charge in [0.2, 0.25) is 0 Å². The number of likely N-dealkylation sites (tertiary alicyclic amines) is 1. The Morgan fingerprint density at radius 2 is 2.16 bits per heavy atom. The summed E-state index contributed by atoms with van der Waals surface area (Å²) in [4.78, 5) is 4.19. The third-order valence-corrected chi connectivity index (χ3v) is 3.61. The second kappa shape index (κ2) is 5.51. The monoisotopic (exact) mass is 271 g/mol. The third-order valence-electron chi connectivity index (χ3n) is 3.61. The average Bonchev–Trinajstić information content (AvgIpc) is 2.77. The van der Waals surface area contributed by atoms with Crippen molar-refractivity contribution < 1.29 is 13.2 Å². The van der Waals surface area contributed by atoms with E-state index in [0.29, 0.717) is 12.6 Å². The first-order chi connectivity index (χ1) is 8.88. The van der Waals surface area contributed by atoms with Gasteiger partial charge in [-0.1, -0.05) is 12.1 Å². The molecular weight excluding hydrogens is 253 g/mol. The van der Waals surface area contributed by atoms with Gasteiger partial charge in [-0.3, -0.25) is 4.90 Å². The molecule has 0 unspecified atom stereocenters. The Bertz CT molecular complexity index is 429. The smallest absolute Gasteiger partial charge is 0.305 e. The number of likely N-dealkylation sites (N-methyl/N-ethyl adjacent to an activating group) is 1. The summed E-state index contributed by atoms with van der Waals surface area (Å²) >= 11 is 0. The molecule has 19 heavy (non-hydrogen) atoms. The van der Waals surface area contributed by atoms with Crippen LogP contribution >= 0.6 is 0 Å². The van der Waals surface area contributed by atoms with E-state index in [9.17, 15) is 13.2 Å². The van der Waals surface area contributed by atoms with Crippen molar-refractivity contribution in [2.24, 2.45) is 0 Å². The zero-order valence-electron chi connectivity index (χ0n) is 11.2. The Balaban J connectivity index is 2.08. The predicted molar refractivity (Wildman–Crippen MR) is 67.6 cm³/mol. The first-order valence-corrected chi connectivity index (χ1v) is 6.33. The lowest BCUT2D eigenvalue weighted by Gasteiger charge is -2.21. The molecule has 1 aliphatic rings. The van der Waals surface area contributed by atoms with Crippen molar-refractivity contribution >= 4 is 0 Å². The minimum absolute atomic E-state index is 0.245. The van der Waals surface area contributed by atoms with E-state index in [-0.39, 0.29) is 5.56 Å². The van der Waals surface area contributed by atoms with E-state index in [2.05, 4.69) is 15.9 Å². The van der Waals surface area contributed by atoms with Crippen LogP contribution in [-0.4, -0.2) is 43.0 Å². The van der Waals surface area contributed by atoms with E-state index < -0.39 is 11.7 Å². The number of nitrogens with zero attached hydrogens (tertiary/aromatic N) is 2. The second-order valence-corrected chi connectivity index (χ2v) is 5.20. The first-order valence-electron chi connectivity index (χ1n) is 6.33. The number of alkyl halides is 3. The molecule has 5 heteroatoms. The molecule has 1 saturated heterocycles. The average molecular weight is 271 g/mol. The molecule has 1 aromatic carbocycles. The Kier molecular flexibility index (Phi) is 4.16. The normalized spacial score (nSPS) is 21.3. The van der Waals surface area contributed by atoms with Gasteiger partial charge in [0.1, 0.15) is 0 Å². The molecule has 1 radical (unpaired) electrons. The highest BCUT2D eigenvalue weighted by molar-refractivity contribution is 5.28. The van der Waals surface area contributed by atoms with E-state index in [1.807, 2.05) is 14.1 Å². The van der Waals surface area contributed by atoms with Gasteiger partial charge >= 0.3 is 6.18 Å². The van der Waals surface area contributed by atoms with Crippen molar-refractivity contribution in [2.45, 2.75) is 25.2 Å². The summed E-state index contributed by atoms with van der Waals surface area (Å²) in [7, 11) is 4.01. The largest absolute Gasteiger partial charge is 0.416 e. The molecule has 0 spiro atoms. The number of rotatable bonds is 3. The zero-order chi connectivity index (χ0) is 14.0. The van der Waals surface area contributed by atoms with E-state index in [4.69, 9.17) is 0 Å². The highest BCUT2D eigenvalue weighted by Crippen LogP contribution is 2.32. The van der Waals surface area contributed by atoms with Gasteiger partial charge in [0.25, 0.3) is 0 Å². The van der Waals surface area contributed by atoms with Crippen LogP contribution in [0, 0.1) is 6.07 Å². The van der Waals surface area contributed by atoms with Crippen molar-refractivity contribution in [2.75, 3.05) is 27.2 Å². The molecule has 0 N–H and O–H groups in total. The van der Waals surface area contributed by atoms with Crippen LogP contribution in [0.15, 0.2) is 18.2 Å². The first kappa shape index (κ1) is 14.3. The summed E-state index contributed by atoms with van der Waals surface area (Å²) in [6, 6.07) is 7.23. The fraction of sp³-hybridized carbons (Fsp3) is 0.571. The molecule has 2 rings (SSSR count). The Labute approximate surface area is 111 Å². The van der Waals surface area contributed by atoms with Gasteiger partial charge in [-0.15, -0.1) is 0 Å². The number of halogens is 3. The van der Waals surface area contributed by atoms with Crippen LogP contribution in [-0.2, 0) is 12.7 Å². The summed E-state index contributed by atoms with van der Waals surface area (Å²) in [5, 5.41) is 0. The van der Waals surface area contributed by atoms with E-state index in [0.717, 1.165) is 25.6 Å². The third kappa shape index (κ3) is 3.48. The molecule has 1 atom stereocenters. The highest BCUT2D eigenvalue weighted by Gasteiger charge is 2.34. The van der Waals surface area contributed by atoms with E-state index >= 15 is 0 Å². The molecule has 1 fully saturated rings. The zero-order valence-corrected chi connectivity index (χ0v) is 11.2. The van der Waals surface area contributed by atoms with Crippen LogP contribution in [0.1, 0.15) is 17.5 Å². The number of hydrogen-bond acceptors (Lipinski definition) is 2. The summed E-state index contributed by atoms with van der Waals surface area (Å²) in [6.07, 6.45) is -3.30. The van der Waals surface area contributed by atoms with Crippen LogP contribution in [0.25, 0.3) is 0 Å². The van der Waals surface area contributed by atoms with Crippen molar-refractivity contribution in [3.05, 3.63) is 35.4 Å². The molecule has 0 saturated carbocycles. The molecule has 0 aromatic heterocycles. The second-order valence-electron chi connectivity index (χ2n) is 5.20. The van der Waals surface area contributed by atoms with E-state index in [1.54, 1.807) is 6.07 Å². The fourth-order valence-electron chi connectivity index (χ4n) is 2.47. The van der Waals surface area contributed by atoms with Crippen LogP contribution in [0.5, 0.6) is 0 Å². The van der Waals surface area contributed by atoms with Gasteiger partial charge in [0.05, 0.1) is 5.56 Å². The minimum atomic E-state index is -4.30. The van der Waals surface area contributed by atoms with Crippen molar-refractivity contribution in [3.8, 4) is 0 Å². The molecule has 0 amide bonds. The maximum Gasteiger partial charge on any atom is 0.416 e. The maximum absolute atomic E-state index is 12.9. The minimum Gasteiger partial charge on any atom is -0.305 e. The van der Waals surface area contributed by atoms with Gasteiger partial charge in [-0.2, -0.15) is 13.2 Å². The lowest BCUT2D eigenvalue weighted by atomic mass is 10.1. The summed E-state index contributed by atoms with van der Waals surface area (Å²) in [6.45, 7) is 1.97. The quantitative estimate of drug-likeness (QED) is 0.834. The molecule has 2 nitrogen and oxygen atoms in total. The summed E-state index contributed by atoms with van der Waals surface area (Å²) in [5.74, 6) is 0. The van der Waals surface area contributed by atoms with Gasteiger partial charge in [0.15, 0.2) is 0 Å². The van der Waals surface area contributed by atoms with Gasteiger partial charge in [-0.05, 0) is 38.2 Å². The van der Waals surface area contributed by atoms with Crippen molar-refractivity contribution in [3.63, 3.8) is 0 Å². The highest BCUT2D eigenvalue weighted by atomic mass is 19.4. The van der Waals surface area contributed by atoms with Gasteiger partial charge in [0, 0.05) is 25.7 Å². The molecular formula is C14H18F3N2. The number of hydrogen-bond donors (Lipinski definition) is 0. The standard InChI is InChI=1S/C14H18F3N2/c1-18(2)12-7-8-19(10-12)9-11-5-3-4-6-13(11)14(15,16)17/h3-4,6,12H,7-10H2,1-2H3/t12-/m0/s1. The molecule has 1 aliphatic heterocycles. The Hall–Kier alpha value is -1.07. The number of benzene rings is 1.